The third kappa shape index (κ3) is 3.26. The molecule has 24 heavy (non-hydrogen) atoms. The molecule has 124 valence electrons. The first-order valence-corrected chi connectivity index (χ1v) is 8.21. The quantitative estimate of drug-likeness (QED) is 0.578. The molecule has 1 aliphatic rings. The predicted molar refractivity (Wildman–Crippen MR) is 88.9 cm³/mol. The fourth-order valence-corrected chi connectivity index (χ4v) is 3.54. The molecule has 0 saturated carbocycles. The molecule has 0 saturated heterocycles. The molecular formula is C19H17BrClFN2. The maximum Gasteiger partial charge on any atom is 0.257 e. The van der Waals surface area contributed by atoms with Gasteiger partial charge in [-0.3, -0.25) is 0 Å². The van der Waals surface area contributed by atoms with Crippen LogP contribution < -0.4 is 21.5 Å². The van der Waals surface area contributed by atoms with Gasteiger partial charge in [0.05, 0.1) is 13.0 Å². The van der Waals surface area contributed by atoms with Crippen LogP contribution in [0.4, 0.5) is 4.39 Å². The summed E-state index contributed by atoms with van der Waals surface area (Å²) in [6.07, 6.45) is 4.39. The van der Waals surface area contributed by atoms with Crippen molar-refractivity contribution in [3.63, 3.8) is 0 Å². The molecular weight excluding hydrogens is 391 g/mol. The Kier molecular flexibility index (Phi) is 5.07. The summed E-state index contributed by atoms with van der Waals surface area (Å²) in [4.78, 5) is 0. The fraction of sp³-hybridized carbons (Fsp3) is 0.211. The highest BCUT2D eigenvalue weighted by molar-refractivity contribution is 6.30. The lowest BCUT2D eigenvalue weighted by Gasteiger charge is -2.00. The molecule has 3 aromatic rings. The van der Waals surface area contributed by atoms with E-state index in [0.29, 0.717) is 0 Å². The van der Waals surface area contributed by atoms with Gasteiger partial charge in [0.15, 0.2) is 5.69 Å². The monoisotopic (exact) mass is 406 g/mol. The van der Waals surface area contributed by atoms with Crippen LogP contribution in [0.3, 0.4) is 0 Å². The summed E-state index contributed by atoms with van der Waals surface area (Å²) in [7, 11) is 0. The highest BCUT2D eigenvalue weighted by Gasteiger charge is 2.28. The van der Waals surface area contributed by atoms with Gasteiger partial charge in [0.1, 0.15) is 18.6 Å². The van der Waals surface area contributed by atoms with Gasteiger partial charge in [-0.1, -0.05) is 23.7 Å². The van der Waals surface area contributed by atoms with Crippen molar-refractivity contribution in [1.29, 1.82) is 0 Å². The summed E-state index contributed by atoms with van der Waals surface area (Å²) < 4.78 is 17.8. The van der Waals surface area contributed by atoms with Crippen LogP contribution in [0.2, 0.25) is 5.02 Å². The molecule has 1 aromatic heterocycles. The number of fused-ring (bicyclic) bond motifs is 1. The van der Waals surface area contributed by atoms with Gasteiger partial charge < -0.3 is 17.0 Å². The molecule has 0 N–H and O–H groups in total. The predicted octanol–water partition coefficient (Wildman–Crippen LogP) is 1.23. The lowest BCUT2D eigenvalue weighted by molar-refractivity contribution is -0.694. The van der Waals surface area contributed by atoms with E-state index in [1.54, 1.807) is 0 Å². The van der Waals surface area contributed by atoms with Crippen LogP contribution in [0, 0.1) is 5.82 Å². The molecule has 0 fully saturated rings. The van der Waals surface area contributed by atoms with E-state index in [9.17, 15) is 4.39 Å². The van der Waals surface area contributed by atoms with E-state index in [1.807, 2.05) is 30.3 Å². The van der Waals surface area contributed by atoms with Crippen LogP contribution >= 0.6 is 11.6 Å². The molecule has 2 heterocycles. The minimum Gasteiger partial charge on any atom is -1.00 e. The average Bonchev–Trinajstić information content (AvgIpc) is 3.12. The van der Waals surface area contributed by atoms with Gasteiger partial charge >= 0.3 is 0 Å². The zero-order valence-corrected chi connectivity index (χ0v) is 15.4. The molecule has 0 aliphatic carbocycles. The van der Waals surface area contributed by atoms with E-state index >= 15 is 0 Å². The van der Waals surface area contributed by atoms with Crippen molar-refractivity contribution in [2.45, 2.75) is 25.9 Å². The number of benzene rings is 2. The minimum absolute atomic E-state index is 0. The molecule has 0 atom stereocenters. The molecule has 4 rings (SSSR count). The van der Waals surface area contributed by atoms with Crippen LogP contribution in [0.1, 0.15) is 17.8 Å². The minimum atomic E-state index is -0.200. The Labute approximate surface area is 156 Å². The highest BCUT2D eigenvalue weighted by Crippen LogP contribution is 2.25. The molecule has 0 radical (unpaired) electrons. The van der Waals surface area contributed by atoms with Crippen molar-refractivity contribution in [3.05, 3.63) is 77.0 Å². The summed E-state index contributed by atoms with van der Waals surface area (Å²) in [6.45, 7) is 1.82. The van der Waals surface area contributed by atoms with Gasteiger partial charge in [0.2, 0.25) is 0 Å². The first-order chi connectivity index (χ1) is 11.2. The molecule has 1 aliphatic heterocycles. The van der Waals surface area contributed by atoms with Gasteiger partial charge in [-0.2, -0.15) is 0 Å². The van der Waals surface area contributed by atoms with Crippen molar-refractivity contribution in [1.82, 2.24) is 4.57 Å². The Bertz CT molecular complexity index is 858. The van der Waals surface area contributed by atoms with Crippen molar-refractivity contribution < 1.29 is 25.9 Å². The number of aromatic nitrogens is 2. The number of nitrogens with zero attached hydrogens (tertiary/aromatic N) is 2. The number of hydrogen-bond donors (Lipinski definition) is 0. The summed E-state index contributed by atoms with van der Waals surface area (Å²) in [5, 5.41) is 0.762. The Hall–Kier alpha value is -1.65. The van der Waals surface area contributed by atoms with Gasteiger partial charge in [0.25, 0.3) is 5.82 Å². The highest BCUT2D eigenvalue weighted by atomic mass is 79.9. The Balaban J connectivity index is 0.00000169. The van der Waals surface area contributed by atoms with Gasteiger partial charge in [0, 0.05) is 10.6 Å². The van der Waals surface area contributed by atoms with Crippen molar-refractivity contribution >= 4 is 11.6 Å². The summed E-state index contributed by atoms with van der Waals surface area (Å²) in [5.41, 5.74) is 3.40. The van der Waals surface area contributed by atoms with Crippen molar-refractivity contribution in [3.8, 4) is 11.3 Å². The van der Waals surface area contributed by atoms with Crippen LogP contribution in [0.15, 0.2) is 54.7 Å². The number of halogens is 3. The number of hydrogen-bond acceptors (Lipinski definition) is 0. The topological polar surface area (TPSA) is 8.81 Å². The Morgan fingerprint density at radius 3 is 2.67 bits per heavy atom. The van der Waals surface area contributed by atoms with Crippen LogP contribution in [-0.2, 0) is 19.5 Å². The molecule has 0 spiro atoms. The first kappa shape index (κ1) is 17.2. The van der Waals surface area contributed by atoms with E-state index < -0.39 is 0 Å². The number of rotatable bonds is 3. The third-order valence-electron chi connectivity index (χ3n) is 4.38. The van der Waals surface area contributed by atoms with Crippen LogP contribution in [0.5, 0.6) is 0 Å². The van der Waals surface area contributed by atoms with Gasteiger partial charge in [-0.25, -0.2) is 13.5 Å². The second-order valence-corrected chi connectivity index (χ2v) is 6.39. The maximum atomic E-state index is 13.2. The van der Waals surface area contributed by atoms with E-state index in [0.717, 1.165) is 42.2 Å². The standard InChI is InChI=1S/C19H17ClFN2.BrH/c20-16-4-1-3-14(11-16)12-22-13-18(23-10-2-5-19(22)23)15-6-8-17(21)9-7-15;/h1,3-4,6-9,11,13H,2,5,10,12H2;1H/q+1;/p-1. The second-order valence-electron chi connectivity index (χ2n) is 5.95. The lowest BCUT2D eigenvalue weighted by atomic mass is 10.1. The summed E-state index contributed by atoms with van der Waals surface area (Å²) >= 11 is 6.09. The van der Waals surface area contributed by atoms with Crippen molar-refractivity contribution in [2.75, 3.05) is 0 Å². The van der Waals surface area contributed by atoms with E-state index in [2.05, 4.69) is 21.4 Å². The first-order valence-electron chi connectivity index (χ1n) is 7.83. The Morgan fingerprint density at radius 2 is 1.92 bits per heavy atom. The summed E-state index contributed by atoms with van der Waals surface area (Å²) in [5.74, 6) is 1.12. The fourth-order valence-electron chi connectivity index (χ4n) is 3.33. The van der Waals surface area contributed by atoms with Crippen molar-refractivity contribution in [2.24, 2.45) is 0 Å². The number of imidazole rings is 1. The zero-order chi connectivity index (χ0) is 15.8. The molecule has 2 aromatic carbocycles. The molecule has 0 unspecified atom stereocenters. The largest absolute Gasteiger partial charge is 1.00 e. The van der Waals surface area contributed by atoms with Crippen LogP contribution in [0.25, 0.3) is 11.3 Å². The summed E-state index contributed by atoms with van der Waals surface area (Å²) in [6, 6.07) is 14.7. The average molecular weight is 408 g/mol. The molecule has 0 bridgehead atoms. The second kappa shape index (κ2) is 7.08. The van der Waals surface area contributed by atoms with Crippen LogP contribution in [-0.4, -0.2) is 4.57 Å². The third-order valence-corrected chi connectivity index (χ3v) is 4.61. The van der Waals surface area contributed by atoms with Gasteiger partial charge in [-0.05, 0) is 48.4 Å². The smallest absolute Gasteiger partial charge is 0.257 e. The van der Waals surface area contributed by atoms with Gasteiger partial charge in [-0.15, -0.1) is 0 Å². The zero-order valence-electron chi connectivity index (χ0n) is 13.1. The molecule has 5 heteroatoms. The normalized spacial score (nSPS) is 12.8. The van der Waals surface area contributed by atoms with E-state index in [-0.39, 0.29) is 22.8 Å². The maximum absolute atomic E-state index is 13.2. The molecule has 2 nitrogen and oxygen atoms in total. The molecule has 0 amide bonds. The van der Waals surface area contributed by atoms with E-state index in [4.69, 9.17) is 11.6 Å². The lowest BCUT2D eigenvalue weighted by Crippen LogP contribution is -3.00. The SMILES string of the molecule is Fc1ccc(-c2c[n+](Cc3cccc(Cl)c3)c3n2CCC3)cc1.[Br-]. The van der Waals surface area contributed by atoms with E-state index in [1.165, 1.54) is 23.5 Å². The Morgan fingerprint density at radius 1 is 1.12 bits per heavy atom.